The maximum atomic E-state index is 14.2. The number of carbonyl (C=O) groups excluding carboxylic acids is 4. The number of hydrogen-bond acceptors (Lipinski definition) is 9. The fourth-order valence-electron chi connectivity index (χ4n) is 8.14. The molecule has 2 saturated heterocycles. The van der Waals surface area contributed by atoms with Gasteiger partial charge in [-0.3, -0.25) is 4.79 Å². The van der Waals surface area contributed by atoms with Gasteiger partial charge < -0.3 is 44.4 Å². The molecule has 6 rings (SSSR count). The van der Waals surface area contributed by atoms with Crippen molar-refractivity contribution in [3.8, 4) is 5.75 Å². The van der Waals surface area contributed by atoms with E-state index in [1.54, 1.807) is 21.9 Å². The van der Waals surface area contributed by atoms with E-state index in [0.29, 0.717) is 88.5 Å². The predicted octanol–water partition coefficient (Wildman–Crippen LogP) is 5.85. The van der Waals surface area contributed by atoms with Crippen LogP contribution in [0.15, 0.2) is 60.7 Å². The minimum absolute atomic E-state index is 0.0163. The van der Waals surface area contributed by atoms with E-state index in [4.69, 9.17) is 9.47 Å². The number of urea groups is 1. The van der Waals surface area contributed by atoms with Gasteiger partial charge in [0, 0.05) is 76.2 Å². The van der Waals surface area contributed by atoms with Gasteiger partial charge in [0.25, 0.3) is 5.91 Å². The summed E-state index contributed by atoms with van der Waals surface area (Å²) in [4.78, 5) is 63.4. The lowest BCUT2D eigenvalue weighted by molar-refractivity contribution is -0.141. The largest absolute Gasteiger partial charge is 0.507 e. The van der Waals surface area contributed by atoms with E-state index in [1.807, 2.05) is 67.3 Å². The second-order valence-corrected chi connectivity index (χ2v) is 15.3. The maximum Gasteiger partial charge on any atom is 0.410 e. The highest BCUT2D eigenvalue weighted by Gasteiger charge is 2.35. The molecular formula is C44H58N6O7. The number of nitrogens with zero attached hydrogens (tertiary/aromatic N) is 5. The number of carbonyl (C=O) groups is 4. The molecular weight excluding hydrogens is 725 g/mol. The van der Waals surface area contributed by atoms with Gasteiger partial charge in [-0.25, -0.2) is 14.4 Å². The highest BCUT2D eigenvalue weighted by atomic mass is 16.6. The molecule has 0 unspecified atom stereocenters. The number of anilines is 2. The van der Waals surface area contributed by atoms with E-state index >= 15 is 0 Å². The summed E-state index contributed by atoms with van der Waals surface area (Å²) in [7, 11) is 0. The van der Waals surface area contributed by atoms with Crippen LogP contribution in [0.3, 0.4) is 0 Å². The molecule has 0 saturated carbocycles. The van der Waals surface area contributed by atoms with Crippen LogP contribution in [0.2, 0.25) is 0 Å². The fraction of sp³-hybridized carbons (Fsp3) is 0.500. The van der Waals surface area contributed by atoms with Gasteiger partial charge in [0.05, 0.1) is 5.56 Å². The molecule has 3 aliphatic heterocycles. The second kappa shape index (κ2) is 19.2. The number of rotatable bonds is 13. The zero-order valence-electron chi connectivity index (χ0n) is 33.9. The van der Waals surface area contributed by atoms with E-state index in [1.165, 1.54) is 0 Å². The van der Waals surface area contributed by atoms with Crippen molar-refractivity contribution in [1.29, 1.82) is 0 Å². The summed E-state index contributed by atoms with van der Waals surface area (Å²) in [6, 6.07) is 18.7. The van der Waals surface area contributed by atoms with Crippen molar-refractivity contribution in [2.75, 3.05) is 82.3 Å². The molecule has 0 radical (unpaired) electrons. The standard InChI is InChI=1S/C44H58N6O7/c1-5-18-46(6-2)26-27-56-42(53)35-11-13-36(14-12-35)47-22-24-48(25-23-47)41(52)39(30-33-28-31(3)40(51)32(4)29-33)57-44(55)49-19-16-37(17-20-49)50-21-15-34-9-7-8-10-38(34)45-43(50)54/h7-14,28-29,37,39,51H,5-6,15-27,30H2,1-4H3,(H,45,54)/t39-/m1/s1. The van der Waals surface area contributed by atoms with Gasteiger partial charge in [0.15, 0.2) is 6.10 Å². The van der Waals surface area contributed by atoms with Crippen LogP contribution in [0, 0.1) is 13.8 Å². The minimum atomic E-state index is -1.06. The summed E-state index contributed by atoms with van der Waals surface area (Å²) >= 11 is 0. The molecule has 1 atom stereocenters. The Balaban J connectivity index is 1.05. The number of likely N-dealkylation sites (N-methyl/N-ethyl adjacent to an activating group) is 1. The minimum Gasteiger partial charge on any atom is -0.507 e. The number of phenols is 1. The average molecular weight is 783 g/mol. The van der Waals surface area contributed by atoms with Gasteiger partial charge in [-0.1, -0.05) is 44.2 Å². The molecule has 3 aromatic rings. The lowest BCUT2D eigenvalue weighted by atomic mass is 10.0. The first-order valence-electron chi connectivity index (χ1n) is 20.5. The summed E-state index contributed by atoms with van der Waals surface area (Å²) in [5, 5.41) is 13.4. The fourth-order valence-corrected chi connectivity index (χ4v) is 8.14. The summed E-state index contributed by atoms with van der Waals surface area (Å²) in [6.45, 7) is 14.2. The number of fused-ring (bicyclic) bond motifs is 1. The van der Waals surface area contributed by atoms with Gasteiger partial charge in [-0.05, 0) is 105 Å². The molecule has 3 aromatic carbocycles. The monoisotopic (exact) mass is 782 g/mol. The Labute approximate surface area is 336 Å². The molecule has 57 heavy (non-hydrogen) atoms. The number of esters is 1. The van der Waals surface area contributed by atoms with Crippen LogP contribution in [0.1, 0.15) is 65.7 Å². The second-order valence-electron chi connectivity index (χ2n) is 15.3. The molecule has 3 aliphatic rings. The first-order valence-corrected chi connectivity index (χ1v) is 20.5. The Morgan fingerprint density at radius 2 is 1.56 bits per heavy atom. The molecule has 4 amide bonds. The van der Waals surface area contributed by atoms with Crippen molar-refractivity contribution in [3.05, 3.63) is 88.5 Å². The SMILES string of the molecule is CCCN(CC)CCOC(=O)c1ccc(N2CCN(C(=O)[C@@H](Cc3cc(C)c(O)c(C)c3)OC(=O)N3CCC(N4CCc5ccccc5NC4=O)CC3)CC2)cc1. The highest BCUT2D eigenvalue weighted by molar-refractivity contribution is 5.91. The Morgan fingerprint density at radius 1 is 0.877 bits per heavy atom. The number of aromatic hydroxyl groups is 1. The third-order valence-corrected chi connectivity index (χ3v) is 11.5. The number of ether oxygens (including phenoxy) is 2. The lowest BCUT2D eigenvalue weighted by Gasteiger charge is -2.39. The molecule has 0 spiro atoms. The van der Waals surface area contributed by atoms with Crippen LogP contribution in [-0.2, 0) is 27.1 Å². The van der Waals surface area contributed by atoms with Gasteiger partial charge in [-0.2, -0.15) is 0 Å². The van der Waals surface area contributed by atoms with E-state index < -0.39 is 12.2 Å². The smallest absolute Gasteiger partial charge is 0.410 e. The first-order chi connectivity index (χ1) is 27.5. The number of aryl methyl sites for hydroxylation is 2. The third kappa shape index (κ3) is 10.4. The number of benzene rings is 3. The van der Waals surface area contributed by atoms with Crippen molar-refractivity contribution < 1.29 is 33.8 Å². The summed E-state index contributed by atoms with van der Waals surface area (Å²) in [5.41, 5.74) is 5.56. The molecule has 13 nitrogen and oxygen atoms in total. The molecule has 306 valence electrons. The first kappa shape index (κ1) is 41.3. The summed E-state index contributed by atoms with van der Waals surface area (Å²) in [6.07, 6.45) is 1.59. The lowest BCUT2D eigenvalue weighted by Crippen LogP contribution is -2.54. The molecule has 2 fully saturated rings. The van der Waals surface area contributed by atoms with Crippen LogP contribution in [-0.4, -0.2) is 133 Å². The van der Waals surface area contributed by atoms with E-state index in [-0.39, 0.29) is 36.1 Å². The topological polar surface area (TPSA) is 135 Å². The molecule has 0 aromatic heterocycles. The van der Waals surface area contributed by atoms with Gasteiger partial charge in [-0.15, -0.1) is 0 Å². The quantitative estimate of drug-likeness (QED) is 0.205. The number of piperidine rings is 1. The maximum absolute atomic E-state index is 14.2. The molecule has 0 aliphatic carbocycles. The number of phenolic OH excluding ortho intramolecular Hbond substituents is 1. The zero-order valence-corrected chi connectivity index (χ0v) is 33.9. The third-order valence-electron chi connectivity index (χ3n) is 11.5. The van der Waals surface area contributed by atoms with Crippen molar-refractivity contribution in [2.24, 2.45) is 0 Å². The van der Waals surface area contributed by atoms with E-state index in [0.717, 1.165) is 48.4 Å². The Kier molecular flexibility index (Phi) is 13.9. The van der Waals surface area contributed by atoms with E-state index in [2.05, 4.69) is 29.0 Å². The number of piperazine rings is 1. The van der Waals surface area contributed by atoms with Crippen LogP contribution in [0.4, 0.5) is 21.0 Å². The number of hydrogen-bond donors (Lipinski definition) is 2. The average Bonchev–Trinajstić information content (AvgIpc) is 3.40. The van der Waals surface area contributed by atoms with Crippen molar-refractivity contribution >= 4 is 35.4 Å². The van der Waals surface area contributed by atoms with Crippen LogP contribution in [0.25, 0.3) is 0 Å². The number of likely N-dealkylation sites (tertiary alicyclic amines) is 1. The summed E-state index contributed by atoms with van der Waals surface area (Å²) < 4.78 is 11.6. The molecule has 0 bridgehead atoms. The Bertz CT molecular complexity index is 1850. The Morgan fingerprint density at radius 3 is 2.23 bits per heavy atom. The normalized spacial score (nSPS) is 16.8. The molecule has 3 heterocycles. The van der Waals surface area contributed by atoms with Crippen LogP contribution >= 0.6 is 0 Å². The Hall–Kier alpha value is -5.30. The predicted molar refractivity (Wildman–Crippen MR) is 220 cm³/mol. The number of amides is 4. The van der Waals surface area contributed by atoms with E-state index in [9.17, 15) is 24.3 Å². The number of nitrogens with one attached hydrogen (secondary N) is 1. The van der Waals surface area contributed by atoms with Gasteiger partial charge >= 0.3 is 18.1 Å². The van der Waals surface area contributed by atoms with Gasteiger partial charge in [0.2, 0.25) is 0 Å². The van der Waals surface area contributed by atoms with Crippen molar-refractivity contribution in [2.45, 2.75) is 71.9 Å². The van der Waals surface area contributed by atoms with Crippen LogP contribution < -0.4 is 10.2 Å². The molecule has 13 heteroatoms. The van der Waals surface area contributed by atoms with Crippen LogP contribution in [0.5, 0.6) is 5.75 Å². The van der Waals surface area contributed by atoms with Gasteiger partial charge in [0.1, 0.15) is 12.4 Å². The number of para-hydroxylation sites is 1. The highest BCUT2D eigenvalue weighted by Crippen LogP contribution is 2.27. The van der Waals surface area contributed by atoms with Crippen molar-refractivity contribution in [3.63, 3.8) is 0 Å². The summed E-state index contributed by atoms with van der Waals surface area (Å²) in [5.74, 6) is -0.402. The molecule has 2 N–H and O–H groups in total. The zero-order chi connectivity index (χ0) is 40.5. The van der Waals surface area contributed by atoms with Crippen molar-refractivity contribution in [1.82, 2.24) is 19.6 Å².